The SMILES string of the molecule is CCOC(=O)c1ccc(CNS(=O)(=O)c2ccc(C(C)C)cc2)cc1. The Hall–Kier alpha value is -2.18. The molecule has 0 amide bonds. The summed E-state index contributed by atoms with van der Waals surface area (Å²) in [7, 11) is -3.58. The minimum absolute atomic E-state index is 0.150. The van der Waals surface area contributed by atoms with Crippen LogP contribution < -0.4 is 4.72 Å². The van der Waals surface area contributed by atoms with Gasteiger partial charge < -0.3 is 4.74 Å². The van der Waals surface area contributed by atoms with Crippen LogP contribution in [0.1, 0.15) is 48.2 Å². The second-order valence-electron chi connectivity index (χ2n) is 5.97. The van der Waals surface area contributed by atoms with Crippen LogP contribution in [0, 0.1) is 0 Å². The van der Waals surface area contributed by atoms with Crippen molar-refractivity contribution in [1.82, 2.24) is 4.72 Å². The van der Waals surface area contributed by atoms with Crippen LogP contribution in [0.2, 0.25) is 0 Å². The largest absolute Gasteiger partial charge is 0.462 e. The van der Waals surface area contributed by atoms with E-state index in [4.69, 9.17) is 4.74 Å². The van der Waals surface area contributed by atoms with E-state index in [9.17, 15) is 13.2 Å². The second-order valence-corrected chi connectivity index (χ2v) is 7.73. The monoisotopic (exact) mass is 361 g/mol. The van der Waals surface area contributed by atoms with Crippen molar-refractivity contribution < 1.29 is 17.9 Å². The summed E-state index contributed by atoms with van der Waals surface area (Å²) in [6.07, 6.45) is 0. The van der Waals surface area contributed by atoms with Crippen molar-refractivity contribution in [3.63, 3.8) is 0 Å². The normalized spacial score (nSPS) is 11.5. The van der Waals surface area contributed by atoms with Gasteiger partial charge in [0.05, 0.1) is 17.1 Å². The van der Waals surface area contributed by atoms with Gasteiger partial charge in [0.25, 0.3) is 0 Å². The molecule has 2 rings (SSSR count). The molecule has 0 aliphatic rings. The van der Waals surface area contributed by atoms with E-state index >= 15 is 0 Å². The van der Waals surface area contributed by atoms with Crippen LogP contribution in [0.4, 0.5) is 0 Å². The van der Waals surface area contributed by atoms with Gasteiger partial charge in [0, 0.05) is 6.54 Å². The minimum atomic E-state index is -3.58. The van der Waals surface area contributed by atoms with E-state index < -0.39 is 10.0 Å². The van der Waals surface area contributed by atoms with Crippen LogP contribution >= 0.6 is 0 Å². The number of esters is 1. The lowest BCUT2D eigenvalue weighted by Crippen LogP contribution is -2.23. The molecule has 25 heavy (non-hydrogen) atoms. The van der Waals surface area contributed by atoms with Crippen LogP contribution in [0.25, 0.3) is 0 Å². The number of carbonyl (C=O) groups excluding carboxylic acids is 1. The van der Waals surface area contributed by atoms with Gasteiger partial charge in [-0.05, 0) is 48.2 Å². The van der Waals surface area contributed by atoms with E-state index in [1.165, 1.54) is 0 Å². The minimum Gasteiger partial charge on any atom is -0.462 e. The lowest BCUT2D eigenvalue weighted by molar-refractivity contribution is 0.0526. The summed E-state index contributed by atoms with van der Waals surface area (Å²) in [5.74, 6) is -0.0394. The molecule has 0 fully saturated rings. The summed E-state index contributed by atoms with van der Waals surface area (Å²) in [6.45, 7) is 6.32. The topological polar surface area (TPSA) is 72.5 Å². The van der Waals surface area contributed by atoms with Crippen LogP contribution in [-0.4, -0.2) is 21.0 Å². The molecule has 0 bridgehead atoms. The highest BCUT2D eigenvalue weighted by Crippen LogP contribution is 2.17. The maximum Gasteiger partial charge on any atom is 0.338 e. The van der Waals surface area contributed by atoms with Gasteiger partial charge in [-0.2, -0.15) is 0 Å². The van der Waals surface area contributed by atoms with Crippen LogP contribution in [0.5, 0.6) is 0 Å². The molecule has 0 atom stereocenters. The summed E-state index contributed by atoms with van der Waals surface area (Å²) in [4.78, 5) is 11.8. The number of rotatable bonds is 7. The zero-order chi connectivity index (χ0) is 18.4. The Labute approximate surface area is 149 Å². The molecule has 0 unspecified atom stereocenters. The Balaban J connectivity index is 2.03. The molecule has 6 heteroatoms. The smallest absolute Gasteiger partial charge is 0.338 e. The zero-order valence-electron chi connectivity index (χ0n) is 14.7. The molecule has 0 radical (unpaired) electrons. The Morgan fingerprint density at radius 2 is 1.64 bits per heavy atom. The standard InChI is InChI=1S/C19H23NO4S/c1-4-24-19(21)17-7-5-15(6-8-17)13-20-25(22,23)18-11-9-16(10-12-18)14(2)3/h5-12,14,20H,4,13H2,1-3H3. The van der Waals surface area contributed by atoms with Gasteiger partial charge in [-0.15, -0.1) is 0 Å². The first-order valence-corrected chi connectivity index (χ1v) is 9.67. The maximum atomic E-state index is 12.4. The second kappa shape index (κ2) is 8.27. The molecule has 2 aromatic rings. The Morgan fingerprint density at radius 1 is 1.04 bits per heavy atom. The molecule has 5 nitrogen and oxygen atoms in total. The fourth-order valence-corrected chi connectivity index (χ4v) is 3.28. The first-order valence-electron chi connectivity index (χ1n) is 8.19. The summed E-state index contributed by atoms with van der Waals surface area (Å²) in [6, 6.07) is 13.5. The number of carbonyl (C=O) groups is 1. The summed E-state index contributed by atoms with van der Waals surface area (Å²) < 4.78 is 32.2. The Kier molecular flexibility index (Phi) is 6.33. The van der Waals surface area contributed by atoms with Gasteiger partial charge in [-0.3, -0.25) is 0 Å². The summed E-state index contributed by atoms with van der Waals surface area (Å²) in [5.41, 5.74) is 2.29. The Bertz CT molecular complexity index is 810. The zero-order valence-corrected chi connectivity index (χ0v) is 15.5. The third kappa shape index (κ3) is 5.14. The predicted octanol–water partition coefficient (Wildman–Crippen LogP) is 3.47. The highest BCUT2D eigenvalue weighted by molar-refractivity contribution is 7.89. The number of sulfonamides is 1. The van der Waals surface area contributed by atoms with E-state index in [2.05, 4.69) is 18.6 Å². The van der Waals surface area contributed by atoms with E-state index in [0.29, 0.717) is 18.1 Å². The van der Waals surface area contributed by atoms with Crippen molar-refractivity contribution in [1.29, 1.82) is 0 Å². The van der Waals surface area contributed by atoms with Gasteiger partial charge in [0.1, 0.15) is 0 Å². The molecule has 0 aliphatic heterocycles. The third-order valence-electron chi connectivity index (χ3n) is 3.79. The fraction of sp³-hybridized carbons (Fsp3) is 0.316. The number of hydrogen-bond donors (Lipinski definition) is 1. The number of nitrogens with one attached hydrogen (secondary N) is 1. The van der Waals surface area contributed by atoms with Crippen molar-refractivity contribution in [2.24, 2.45) is 0 Å². The summed E-state index contributed by atoms with van der Waals surface area (Å²) >= 11 is 0. The predicted molar refractivity (Wildman–Crippen MR) is 97.0 cm³/mol. The van der Waals surface area contributed by atoms with E-state index in [1.54, 1.807) is 43.3 Å². The van der Waals surface area contributed by atoms with Crippen LogP contribution in [0.3, 0.4) is 0 Å². The number of benzene rings is 2. The lowest BCUT2D eigenvalue weighted by atomic mass is 10.0. The highest BCUT2D eigenvalue weighted by Gasteiger charge is 2.14. The molecule has 0 aliphatic carbocycles. The van der Waals surface area contributed by atoms with E-state index in [0.717, 1.165) is 11.1 Å². The molecular weight excluding hydrogens is 338 g/mol. The van der Waals surface area contributed by atoms with Gasteiger partial charge >= 0.3 is 5.97 Å². The molecule has 1 N–H and O–H groups in total. The molecular formula is C19H23NO4S. The van der Waals surface area contributed by atoms with Crippen molar-refractivity contribution in [3.8, 4) is 0 Å². The van der Waals surface area contributed by atoms with Gasteiger partial charge in [0.2, 0.25) is 10.0 Å². The summed E-state index contributed by atoms with van der Waals surface area (Å²) in [5, 5.41) is 0. The van der Waals surface area contributed by atoms with Gasteiger partial charge in [-0.25, -0.2) is 17.9 Å². The van der Waals surface area contributed by atoms with Crippen LogP contribution in [0.15, 0.2) is 53.4 Å². The molecule has 0 heterocycles. The van der Waals surface area contributed by atoms with Gasteiger partial charge in [0.15, 0.2) is 0 Å². The Morgan fingerprint density at radius 3 is 2.16 bits per heavy atom. The maximum absolute atomic E-state index is 12.4. The molecule has 0 saturated heterocycles. The third-order valence-corrected chi connectivity index (χ3v) is 5.21. The average molecular weight is 361 g/mol. The molecule has 134 valence electrons. The number of ether oxygens (including phenoxy) is 1. The average Bonchev–Trinajstić information content (AvgIpc) is 2.61. The van der Waals surface area contributed by atoms with E-state index in [-0.39, 0.29) is 17.4 Å². The molecule has 0 saturated carbocycles. The number of hydrogen-bond acceptors (Lipinski definition) is 4. The molecule has 0 aromatic heterocycles. The fourth-order valence-electron chi connectivity index (χ4n) is 2.27. The quantitative estimate of drug-likeness (QED) is 0.767. The molecule has 0 spiro atoms. The van der Waals surface area contributed by atoms with Gasteiger partial charge in [-0.1, -0.05) is 38.1 Å². The first kappa shape index (κ1) is 19.1. The van der Waals surface area contributed by atoms with Crippen molar-refractivity contribution in [2.75, 3.05) is 6.61 Å². The molecule has 2 aromatic carbocycles. The first-order chi connectivity index (χ1) is 11.8. The van der Waals surface area contributed by atoms with Crippen molar-refractivity contribution in [2.45, 2.75) is 38.1 Å². The highest BCUT2D eigenvalue weighted by atomic mass is 32.2. The van der Waals surface area contributed by atoms with Crippen LogP contribution in [-0.2, 0) is 21.3 Å². The van der Waals surface area contributed by atoms with E-state index in [1.807, 2.05) is 12.1 Å². The van der Waals surface area contributed by atoms with Crippen molar-refractivity contribution >= 4 is 16.0 Å². The van der Waals surface area contributed by atoms with Crippen molar-refractivity contribution in [3.05, 3.63) is 65.2 Å². The lowest BCUT2D eigenvalue weighted by Gasteiger charge is -2.09.